The van der Waals surface area contributed by atoms with Crippen molar-refractivity contribution in [1.82, 2.24) is 10.3 Å². The molecular formula is C14H17N3O2S2. The number of benzene rings is 1. The number of thiazole rings is 1. The topological polar surface area (TPSA) is 63.2 Å². The smallest absolute Gasteiger partial charge is 0.231 e. The van der Waals surface area contributed by atoms with Crippen LogP contribution in [0.4, 0.5) is 5.13 Å². The minimum Gasteiger partial charge on any atom is -0.497 e. The summed E-state index contributed by atoms with van der Waals surface area (Å²) in [5, 5.41) is 6.48. The number of anilines is 1. The second kappa shape index (κ2) is 5.95. The van der Waals surface area contributed by atoms with Crippen molar-refractivity contribution >= 4 is 49.9 Å². The van der Waals surface area contributed by atoms with Gasteiger partial charge in [0.15, 0.2) is 10.2 Å². The van der Waals surface area contributed by atoms with Gasteiger partial charge in [-0.15, -0.1) is 0 Å². The predicted molar refractivity (Wildman–Crippen MR) is 90.0 cm³/mol. The summed E-state index contributed by atoms with van der Waals surface area (Å²) < 4.78 is 6.17. The van der Waals surface area contributed by atoms with E-state index < -0.39 is 5.41 Å². The summed E-state index contributed by atoms with van der Waals surface area (Å²) in [6.07, 6.45) is 0. The first kappa shape index (κ1) is 15.7. The van der Waals surface area contributed by atoms with E-state index in [4.69, 9.17) is 17.0 Å². The number of carbonyl (C=O) groups excluding carboxylic acids is 1. The molecule has 2 rings (SSSR count). The monoisotopic (exact) mass is 323 g/mol. The van der Waals surface area contributed by atoms with Crippen LogP contribution in [0.5, 0.6) is 5.75 Å². The zero-order chi connectivity index (χ0) is 15.6. The molecule has 0 atom stereocenters. The van der Waals surface area contributed by atoms with Gasteiger partial charge in [0.25, 0.3) is 0 Å². The number of carbonyl (C=O) groups is 1. The third-order valence-corrected chi connectivity index (χ3v) is 3.86. The van der Waals surface area contributed by atoms with E-state index in [1.54, 1.807) is 7.11 Å². The number of ether oxygens (including phenoxy) is 1. The standard InChI is InChI=1S/C14H17N3O2S2/c1-14(2,3)11(18)16-12(20)17-13-15-9-6-5-8(19-4)7-10(9)21-13/h5-7H,1-4H3,(H2,15,16,17,18,20). The van der Waals surface area contributed by atoms with E-state index in [2.05, 4.69) is 15.6 Å². The molecule has 0 aliphatic heterocycles. The highest BCUT2D eigenvalue weighted by Gasteiger charge is 2.22. The molecule has 0 saturated heterocycles. The van der Waals surface area contributed by atoms with Crippen molar-refractivity contribution in [3.63, 3.8) is 0 Å². The Morgan fingerprint density at radius 3 is 2.71 bits per heavy atom. The fourth-order valence-corrected chi connectivity index (χ4v) is 2.66. The van der Waals surface area contributed by atoms with Gasteiger partial charge in [-0.25, -0.2) is 4.98 Å². The Balaban J connectivity index is 2.09. The average Bonchev–Trinajstić information content (AvgIpc) is 2.78. The number of rotatable bonds is 2. The van der Waals surface area contributed by atoms with E-state index in [1.807, 2.05) is 39.0 Å². The lowest BCUT2D eigenvalue weighted by atomic mass is 9.96. The van der Waals surface area contributed by atoms with Crippen LogP contribution >= 0.6 is 23.6 Å². The Hall–Kier alpha value is -1.73. The molecule has 112 valence electrons. The lowest BCUT2D eigenvalue weighted by Crippen LogP contribution is -2.41. The van der Waals surface area contributed by atoms with Gasteiger partial charge < -0.3 is 15.4 Å². The molecule has 0 spiro atoms. The molecule has 1 aromatic carbocycles. The molecule has 2 N–H and O–H groups in total. The quantitative estimate of drug-likeness (QED) is 0.831. The number of nitrogens with one attached hydrogen (secondary N) is 2. The second-order valence-electron chi connectivity index (χ2n) is 5.51. The Morgan fingerprint density at radius 2 is 2.10 bits per heavy atom. The Bertz CT molecular complexity index is 689. The molecule has 0 unspecified atom stereocenters. The third kappa shape index (κ3) is 3.89. The molecular weight excluding hydrogens is 306 g/mol. The molecule has 7 heteroatoms. The maximum Gasteiger partial charge on any atom is 0.231 e. The Kier molecular flexibility index (Phi) is 4.43. The molecule has 5 nitrogen and oxygen atoms in total. The van der Waals surface area contributed by atoms with Crippen LogP contribution in [0.15, 0.2) is 18.2 Å². The van der Waals surface area contributed by atoms with Gasteiger partial charge in [0, 0.05) is 5.41 Å². The molecule has 0 aliphatic rings. The van der Waals surface area contributed by atoms with E-state index in [1.165, 1.54) is 11.3 Å². The largest absolute Gasteiger partial charge is 0.497 e. The van der Waals surface area contributed by atoms with Crippen LogP contribution in [0.2, 0.25) is 0 Å². The zero-order valence-corrected chi connectivity index (χ0v) is 13.9. The van der Waals surface area contributed by atoms with Crippen LogP contribution in [-0.2, 0) is 4.79 Å². The minimum atomic E-state index is -0.493. The first-order valence-electron chi connectivity index (χ1n) is 6.36. The predicted octanol–water partition coefficient (Wildman–Crippen LogP) is 3.16. The van der Waals surface area contributed by atoms with Gasteiger partial charge in [-0.2, -0.15) is 0 Å². The summed E-state index contributed by atoms with van der Waals surface area (Å²) in [4.78, 5) is 16.3. The van der Waals surface area contributed by atoms with E-state index in [9.17, 15) is 4.79 Å². The van der Waals surface area contributed by atoms with Gasteiger partial charge in [0.2, 0.25) is 5.91 Å². The lowest BCUT2D eigenvalue weighted by molar-refractivity contribution is -0.126. The highest BCUT2D eigenvalue weighted by molar-refractivity contribution is 7.80. The van der Waals surface area contributed by atoms with Gasteiger partial charge in [-0.3, -0.25) is 4.79 Å². The number of aromatic nitrogens is 1. The maximum atomic E-state index is 11.8. The summed E-state index contributed by atoms with van der Waals surface area (Å²) in [5.41, 5.74) is 0.362. The molecule has 0 radical (unpaired) electrons. The van der Waals surface area contributed by atoms with Gasteiger partial charge in [-0.05, 0) is 30.4 Å². The van der Waals surface area contributed by atoms with Gasteiger partial charge in [-0.1, -0.05) is 32.1 Å². The minimum absolute atomic E-state index is 0.136. The van der Waals surface area contributed by atoms with E-state index in [-0.39, 0.29) is 11.0 Å². The van der Waals surface area contributed by atoms with Crippen LogP contribution in [-0.4, -0.2) is 23.1 Å². The van der Waals surface area contributed by atoms with Crippen molar-refractivity contribution in [1.29, 1.82) is 0 Å². The van der Waals surface area contributed by atoms with Gasteiger partial charge in [0.05, 0.1) is 17.3 Å². The molecule has 1 aromatic heterocycles. The number of nitrogens with zero attached hydrogens (tertiary/aromatic N) is 1. The number of methoxy groups -OCH3 is 1. The fourth-order valence-electron chi connectivity index (χ4n) is 1.50. The van der Waals surface area contributed by atoms with Crippen molar-refractivity contribution in [3.05, 3.63) is 18.2 Å². The Labute approximate surface area is 132 Å². The lowest BCUT2D eigenvalue weighted by Gasteiger charge is -2.17. The van der Waals surface area contributed by atoms with Crippen LogP contribution in [0.1, 0.15) is 20.8 Å². The second-order valence-corrected chi connectivity index (χ2v) is 6.95. The van der Waals surface area contributed by atoms with E-state index >= 15 is 0 Å². The molecule has 0 aliphatic carbocycles. The Morgan fingerprint density at radius 1 is 1.38 bits per heavy atom. The number of hydrogen-bond acceptors (Lipinski definition) is 5. The molecule has 2 aromatic rings. The number of thiocarbonyl (C=S) groups is 1. The molecule has 0 fully saturated rings. The zero-order valence-electron chi connectivity index (χ0n) is 12.3. The van der Waals surface area contributed by atoms with E-state index in [0.29, 0.717) is 5.13 Å². The number of amides is 1. The molecule has 0 saturated carbocycles. The van der Waals surface area contributed by atoms with Crippen LogP contribution < -0.4 is 15.4 Å². The molecule has 1 heterocycles. The summed E-state index contributed by atoms with van der Waals surface area (Å²) in [7, 11) is 1.62. The third-order valence-electron chi connectivity index (χ3n) is 2.72. The summed E-state index contributed by atoms with van der Waals surface area (Å²) in [6.45, 7) is 5.48. The summed E-state index contributed by atoms with van der Waals surface area (Å²) in [5.74, 6) is 0.643. The van der Waals surface area contributed by atoms with Crippen molar-refractivity contribution in [2.75, 3.05) is 12.4 Å². The van der Waals surface area contributed by atoms with Crippen molar-refractivity contribution in [2.45, 2.75) is 20.8 Å². The van der Waals surface area contributed by atoms with Gasteiger partial charge >= 0.3 is 0 Å². The highest BCUT2D eigenvalue weighted by atomic mass is 32.1. The van der Waals surface area contributed by atoms with Crippen molar-refractivity contribution < 1.29 is 9.53 Å². The first-order chi connectivity index (χ1) is 9.79. The first-order valence-corrected chi connectivity index (χ1v) is 7.59. The highest BCUT2D eigenvalue weighted by Crippen LogP contribution is 2.29. The average molecular weight is 323 g/mol. The normalized spacial score (nSPS) is 11.2. The summed E-state index contributed by atoms with van der Waals surface area (Å²) in [6, 6.07) is 5.65. The van der Waals surface area contributed by atoms with Crippen LogP contribution in [0.3, 0.4) is 0 Å². The van der Waals surface area contributed by atoms with Crippen molar-refractivity contribution in [3.8, 4) is 5.75 Å². The number of fused-ring (bicyclic) bond motifs is 1. The fraction of sp³-hybridized carbons (Fsp3) is 0.357. The van der Waals surface area contributed by atoms with Crippen molar-refractivity contribution in [2.24, 2.45) is 5.41 Å². The van der Waals surface area contributed by atoms with E-state index in [0.717, 1.165) is 16.0 Å². The molecule has 21 heavy (non-hydrogen) atoms. The summed E-state index contributed by atoms with van der Waals surface area (Å²) >= 11 is 6.58. The maximum absolute atomic E-state index is 11.8. The number of hydrogen-bond donors (Lipinski definition) is 2. The molecule has 1 amide bonds. The molecule has 0 bridgehead atoms. The van der Waals surface area contributed by atoms with Crippen LogP contribution in [0.25, 0.3) is 10.2 Å². The van der Waals surface area contributed by atoms with Crippen LogP contribution in [0, 0.1) is 5.41 Å². The van der Waals surface area contributed by atoms with Gasteiger partial charge in [0.1, 0.15) is 5.75 Å². The SMILES string of the molecule is COc1ccc2nc(NC(=S)NC(=O)C(C)(C)C)sc2c1.